The normalized spacial score (nSPS) is 28.0. The Morgan fingerprint density at radius 1 is 0.667 bits per heavy atom. The van der Waals surface area contributed by atoms with Gasteiger partial charge in [0, 0.05) is 12.1 Å². The van der Waals surface area contributed by atoms with Gasteiger partial charge >= 0.3 is 11.9 Å². The summed E-state index contributed by atoms with van der Waals surface area (Å²) >= 11 is 0. The second-order valence-electron chi connectivity index (χ2n) is 10.6. The predicted octanol–water partition coefficient (Wildman–Crippen LogP) is 3.88. The fourth-order valence-corrected chi connectivity index (χ4v) is 5.24. The molecule has 2 amide bonds. The number of carbonyl (C=O) groups is 4. The summed E-state index contributed by atoms with van der Waals surface area (Å²) < 4.78 is 10.3. The number of hydrogen-bond acceptors (Lipinski definition) is 6. The zero-order chi connectivity index (χ0) is 26.2. The smallest absolute Gasteiger partial charge is 0.338 e. The van der Waals surface area contributed by atoms with Gasteiger partial charge < -0.3 is 20.1 Å². The van der Waals surface area contributed by atoms with Gasteiger partial charge in [0.1, 0.15) is 0 Å². The van der Waals surface area contributed by atoms with Crippen molar-refractivity contribution < 1.29 is 28.7 Å². The third-order valence-electron chi connectivity index (χ3n) is 8.13. The van der Waals surface area contributed by atoms with E-state index >= 15 is 0 Å². The van der Waals surface area contributed by atoms with Crippen molar-refractivity contribution in [3.8, 4) is 0 Å². The van der Waals surface area contributed by atoms with Crippen LogP contribution in [0.1, 0.15) is 86.9 Å². The molecule has 0 spiro atoms. The van der Waals surface area contributed by atoms with Crippen molar-refractivity contribution >= 4 is 23.8 Å². The fourth-order valence-electron chi connectivity index (χ4n) is 5.24. The number of amides is 2. The van der Waals surface area contributed by atoms with Crippen LogP contribution in [0.3, 0.4) is 0 Å². The number of rotatable bonds is 8. The molecule has 36 heavy (non-hydrogen) atoms. The SMILES string of the molecule is CC1CCCC(NC(=O)COC(=O)c2ccc(C(=O)OCC(=O)NC3CCCC(C)C3C)cc2)C1C. The second-order valence-corrected chi connectivity index (χ2v) is 10.6. The Kier molecular flexibility index (Phi) is 9.90. The summed E-state index contributed by atoms with van der Waals surface area (Å²) in [6, 6.07) is 5.95. The van der Waals surface area contributed by atoms with E-state index < -0.39 is 11.9 Å². The third-order valence-corrected chi connectivity index (χ3v) is 8.13. The molecule has 2 saturated carbocycles. The van der Waals surface area contributed by atoms with Crippen molar-refractivity contribution in [1.82, 2.24) is 10.6 Å². The van der Waals surface area contributed by atoms with Crippen molar-refractivity contribution in [2.75, 3.05) is 13.2 Å². The maximum Gasteiger partial charge on any atom is 0.338 e. The standard InChI is InChI=1S/C28H40N2O6/c1-17-7-5-9-23(19(17)3)29-25(31)15-35-27(33)21-11-13-22(14-12-21)28(34)36-16-26(32)30-24-10-6-8-18(2)20(24)4/h11-14,17-20,23-24H,5-10,15-16H2,1-4H3,(H,29,31)(H,30,32). The topological polar surface area (TPSA) is 111 Å². The van der Waals surface area contributed by atoms with Gasteiger partial charge in [-0.3, -0.25) is 9.59 Å². The van der Waals surface area contributed by atoms with Crippen LogP contribution in [-0.4, -0.2) is 49.1 Å². The molecular weight excluding hydrogens is 460 g/mol. The molecule has 6 atom stereocenters. The van der Waals surface area contributed by atoms with E-state index in [1.54, 1.807) is 0 Å². The lowest BCUT2D eigenvalue weighted by Gasteiger charge is -2.34. The summed E-state index contributed by atoms with van der Waals surface area (Å²) in [7, 11) is 0. The number of hydrogen-bond donors (Lipinski definition) is 2. The van der Waals surface area contributed by atoms with Crippen LogP contribution in [0.15, 0.2) is 24.3 Å². The van der Waals surface area contributed by atoms with Gasteiger partial charge in [0.2, 0.25) is 0 Å². The molecule has 2 aliphatic carbocycles. The Morgan fingerprint density at radius 3 is 1.39 bits per heavy atom. The van der Waals surface area contributed by atoms with Crippen molar-refractivity contribution in [3.63, 3.8) is 0 Å². The second kappa shape index (κ2) is 12.9. The van der Waals surface area contributed by atoms with Crippen molar-refractivity contribution in [2.45, 2.75) is 78.3 Å². The van der Waals surface area contributed by atoms with E-state index in [1.807, 2.05) is 0 Å². The minimum absolute atomic E-state index is 0.0990. The Hall–Kier alpha value is -2.90. The van der Waals surface area contributed by atoms with Crippen molar-refractivity contribution in [1.29, 1.82) is 0 Å². The van der Waals surface area contributed by atoms with Crippen molar-refractivity contribution in [3.05, 3.63) is 35.4 Å². The molecule has 2 aliphatic rings. The molecule has 0 saturated heterocycles. The number of ether oxygens (including phenoxy) is 2. The van der Waals surface area contributed by atoms with Crippen LogP contribution >= 0.6 is 0 Å². The lowest BCUT2D eigenvalue weighted by molar-refractivity contribution is -0.126. The Morgan fingerprint density at radius 2 is 1.03 bits per heavy atom. The summed E-state index contributed by atoms with van der Waals surface area (Å²) in [5.41, 5.74) is 0.439. The van der Waals surface area contributed by atoms with Gasteiger partial charge in [-0.2, -0.15) is 0 Å². The molecule has 0 aliphatic heterocycles. The molecule has 2 N–H and O–H groups in total. The quantitative estimate of drug-likeness (QED) is 0.524. The molecule has 0 bridgehead atoms. The minimum atomic E-state index is -0.648. The molecule has 0 heterocycles. The van der Waals surface area contributed by atoms with Gasteiger partial charge in [-0.1, -0.05) is 53.4 Å². The molecule has 8 heteroatoms. The highest BCUT2D eigenvalue weighted by Gasteiger charge is 2.29. The molecule has 6 unspecified atom stereocenters. The Bertz CT molecular complexity index is 855. The van der Waals surface area contributed by atoms with Crippen LogP contribution in [0.25, 0.3) is 0 Å². The maximum atomic E-state index is 12.3. The highest BCUT2D eigenvalue weighted by Crippen LogP contribution is 2.30. The maximum absolute atomic E-state index is 12.3. The molecule has 198 valence electrons. The number of nitrogens with one attached hydrogen (secondary N) is 2. The van der Waals surface area contributed by atoms with Crippen LogP contribution in [0.5, 0.6) is 0 Å². The van der Waals surface area contributed by atoms with E-state index in [9.17, 15) is 19.2 Å². The lowest BCUT2D eigenvalue weighted by atomic mass is 9.78. The fraction of sp³-hybridized carbons (Fsp3) is 0.643. The highest BCUT2D eigenvalue weighted by atomic mass is 16.5. The van der Waals surface area contributed by atoms with Gasteiger partial charge in [0.25, 0.3) is 11.8 Å². The van der Waals surface area contributed by atoms with Gasteiger partial charge in [-0.25, -0.2) is 9.59 Å². The van der Waals surface area contributed by atoms with Gasteiger partial charge in [0.15, 0.2) is 13.2 Å². The number of benzene rings is 1. The largest absolute Gasteiger partial charge is 0.452 e. The molecule has 0 aromatic heterocycles. The molecule has 0 radical (unpaired) electrons. The average Bonchev–Trinajstić information content (AvgIpc) is 2.86. The number of esters is 2. The minimum Gasteiger partial charge on any atom is -0.452 e. The molecular formula is C28H40N2O6. The predicted molar refractivity (Wildman–Crippen MR) is 135 cm³/mol. The van der Waals surface area contributed by atoms with Crippen LogP contribution in [0, 0.1) is 23.7 Å². The Balaban J connectivity index is 1.40. The molecule has 1 aromatic carbocycles. The molecule has 3 rings (SSSR count). The van der Waals surface area contributed by atoms with Gasteiger partial charge in [0.05, 0.1) is 11.1 Å². The van der Waals surface area contributed by atoms with E-state index in [0.717, 1.165) is 25.7 Å². The summed E-state index contributed by atoms with van der Waals surface area (Å²) in [5, 5.41) is 5.95. The molecule has 2 fully saturated rings. The number of carbonyl (C=O) groups excluding carboxylic acids is 4. The average molecular weight is 501 g/mol. The van der Waals surface area contributed by atoms with E-state index in [-0.39, 0.29) is 48.2 Å². The summed E-state index contributed by atoms with van der Waals surface area (Å²) in [6.45, 7) is 7.95. The van der Waals surface area contributed by atoms with E-state index in [4.69, 9.17) is 9.47 Å². The van der Waals surface area contributed by atoms with Crippen LogP contribution in [-0.2, 0) is 19.1 Å². The first kappa shape index (κ1) is 27.7. The van der Waals surface area contributed by atoms with Crippen molar-refractivity contribution in [2.24, 2.45) is 23.7 Å². The van der Waals surface area contributed by atoms with Crippen LogP contribution in [0.4, 0.5) is 0 Å². The summed E-state index contributed by atoms with van der Waals surface area (Å²) in [6.07, 6.45) is 6.35. The zero-order valence-electron chi connectivity index (χ0n) is 21.9. The third kappa shape index (κ3) is 7.55. The van der Waals surface area contributed by atoms with E-state index in [1.165, 1.54) is 37.1 Å². The van der Waals surface area contributed by atoms with Crippen LogP contribution < -0.4 is 10.6 Å². The zero-order valence-corrected chi connectivity index (χ0v) is 21.9. The first-order valence-corrected chi connectivity index (χ1v) is 13.2. The highest BCUT2D eigenvalue weighted by molar-refractivity contribution is 5.95. The molecule has 8 nitrogen and oxygen atoms in total. The van der Waals surface area contributed by atoms with Gasteiger partial charge in [-0.15, -0.1) is 0 Å². The van der Waals surface area contributed by atoms with E-state index in [2.05, 4.69) is 38.3 Å². The monoisotopic (exact) mass is 500 g/mol. The van der Waals surface area contributed by atoms with Crippen LogP contribution in [0.2, 0.25) is 0 Å². The summed E-state index contributed by atoms with van der Waals surface area (Å²) in [5.74, 6) is -0.0517. The van der Waals surface area contributed by atoms with Gasteiger partial charge in [-0.05, 0) is 60.8 Å². The first-order valence-electron chi connectivity index (χ1n) is 13.2. The molecule has 1 aromatic rings. The lowest BCUT2D eigenvalue weighted by Crippen LogP contribution is -2.45. The summed E-state index contributed by atoms with van der Waals surface area (Å²) in [4.78, 5) is 49.1. The first-order chi connectivity index (χ1) is 17.2. The Labute approximate surface area is 213 Å². The van der Waals surface area contributed by atoms with E-state index in [0.29, 0.717) is 23.7 Å².